The highest BCUT2D eigenvalue weighted by Crippen LogP contribution is 2.20. The summed E-state index contributed by atoms with van der Waals surface area (Å²) in [5, 5.41) is 25.4. The summed E-state index contributed by atoms with van der Waals surface area (Å²) in [5.74, 6) is -1.46. The fourth-order valence-electron chi connectivity index (χ4n) is 1.19. The van der Waals surface area contributed by atoms with Crippen molar-refractivity contribution in [2.75, 3.05) is 0 Å². The van der Waals surface area contributed by atoms with Crippen molar-refractivity contribution in [3.05, 3.63) is 36.2 Å². The fraction of sp³-hybridized carbons (Fsp3) is 0.250. The molecule has 6 nitrogen and oxygen atoms in total. The molecule has 0 aliphatic carbocycles. The number of hydrogen-bond donors (Lipinski definition) is 2. The third kappa shape index (κ3) is 3.31. The van der Waals surface area contributed by atoms with E-state index in [1.165, 1.54) is 35.5 Å². The molecule has 0 spiro atoms. The molecule has 0 radical (unpaired) electrons. The zero-order chi connectivity index (χ0) is 13.5. The van der Waals surface area contributed by atoms with Gasteiger partial charge in [-0.25, -0.2) is 9.48 Å². The third-order valence-corrected chi connectivity index (χ3v) is 1.90. The van der Waals surface area contributed by atoms with Gasteiger partial charge in [-0.2, -0.15) is 0 Å². The Morgan fingerprint density at radius 3 is 2.50 bits per heavy atom. The molecular formula is C12H15N3O3. The van der Waals surface area contributed by atoms with Crippen LogP contribution < -0.4 is 0 Å². The Hall–Kier alpha value is -2.37. The van der Waals surface area contributed by atoms with E-state index in [1.807, 2.05) is 0 Å². The van der Waals surface area contributed by atoms with Gasteiger partial charge in [0, 0.05) is 6.07 Å². The van der Waals surface area contributed by atoms with Crippen LogP contribution in [-0.2, 0) is 0 Å². The molecule has 1 aromatic carbocycles. The van der Waals surface area contributed by atoms with E-state index < -0.39 is 5.97 Å². The van der Waals surface area contributed by atoms with Crippen LogP contribution in [0.5, 0.6) is 5.75 Å². The number of nitrogens with zero attached hydrogens (tertiary/aromatic N) is 3. The van der Waals surface area contributed by atoms with Gasteiger partial charge < -0.3 is 10.2 Å². The summed E-state index contributed by atoms with van der Waals surface area (Å²) in [6.45, 7) is 4.25. The Morgan fingerprint density at radius 2 is 2.06 bits per heavy atom. The quantitative estimate of drug-likeness (QED) is 0.850. The summed E-state index contributed by atoms with van der Waals surface area (Å²) in [5.41, 5.74) is 0.411. The van der Waals surface area contributed by atoms with Crippen LogP contribution in [0.2, 0.25) is 0 Å². The highest BCUT2D eigenvalue weighted by Gasteiger charge is 2.10. The van der Waals surface area contributed by atoms with Gasteiger partial charge in [-0.15, -0.1) is 5.10 Å². The van der Waals surface area contributed by atoms with Gasteiger partial charge in [0.2, 0.25) is 0 Å². The molecule has 0 saturated heterocycles. The summed E-state index contributed by atoms with van der Waals surface area (Å²) in [6, 6.07) is 4.17. The Morgan fingerprint density at radius 1 is 1.39 bits per heavy atom. The van der Waals surface area contributed by atoms with Crippen molar-refractivity contribution in [3.63, 3.8) is 0 Å². The van der Waals surface area contributed by atoms with Crippen molar-refractivity contribution < 1.29 is 15.0 Å². The zero-order valence-electron chi connectivity index (χ0n) is 10.2. The summed E-state index contributed by atoms with van der Waals surface area (Å²) < 4.78 is 1.42. The smallest absolute Gasteiger partial charge is 0.339 e. The first-order valence-electron chi connectivity index (χ1n) is 5.53. The number of hydrogen-bond acceptors (Lipinski definition) is 4. The molecule has 2 rings (SSSR count). The number of carbonyl (C=O) groups is 1. The van der Waals surface area contributed by atoms with Crippen molar-refractivity contribution in [2.45, 2.75) is 20.3 Å². The molecule has 0 saturated carbocycles. The molecular weight excluding hydrogens is 234 g/mol. The summed E-state index contributed by atoms with van der Waals surface area (Å²) in [7, 11) is 0. The number of aromatic hydroxyl groups is 1. The van der Waals surface area contributed by atoms with E-state index in [0.29, 0.717) is 5.69 Å². The standard InChI is InChI=1S/C9H7N3O3.C3H8/c13-8-5-6(12-4-3-10-11-12)1-2-7(8)9(14)15;1-3-2/h1-5,13H,(H,14,15);3H2,1-2H3. The summed E-state index contributed by atoms with van der Waals surface area (Å²) in [6.07, 6.45) is 4.33. The summed E-state index contributed by atoms with van der Waals surface area (Å²) >= 11 is 0. The van der Waals surface area contributed by atoms with Crippen LogP contribution in [-0.4, -0.2) is 31.2 Å². The molecule has 96 valence electrons. The van der Waals surface area contributed by atoms with E-state index in [4.69, 9.17) is 5.11 Å². The van der Waals surface area contributed by atoms with Gasteiger partial charge in [-0.05, 0) is 12.1 Å². The van der Waals surface area contributed by atoms with E-state index in [1.54, 1.807) is 6.20 Å². The largest absolute Gasteiger partial charge is 0.507 e. The SMILES string of the molecule is CCC.O=C(O)c1ccc(-n2ccnn2)cc1O. The second kappa shape index (κ2) is 6.39. The van der Waals surface area contributed by atoms with Gasteiger partial charge in [-0.3, -0.25) is 0 Å². The van der Waals surface area contributed by atoms with Gasteiger partial charge in [0.25, 0.3) is 0 Å². The van der Waals surface area contributed by atoms with E-state index in [-0.39, 0.29) is 11.3 Å². The number of phenols is 1. The Bertz CT molecular complexity index is 509. The van der Waals surface area contributed by atoms with Crippen LogP contribution in [0.4, 0.5) is 0 Å². The third-order valence-electron chi connectivity index (χ3n) is 1.90. The molecule has 0 amide bonds. The van der Waals surface area contributed by atoms with E-state index >= 15 is 0 Å². The topological polar surface area (TPSA) is 88.2 Å². The molecule has 0 unspecified atom stereocenters. The maximum absolute atomic E-state index is 10.6. The fourth-order valence-corrected chi connectivity index (χ4v) is 1.19. The average molecular weight is 249 g/mol. The Kier molecular flexibility index (Phi) is 4.86. The van der Waals surface area contributed by atoms with Crippen LogP contribution in [0.25, 0.3) is 5.69 Å². The first-order chi connectivity index (χ1) is 8.60. The van der Waals surface area contributed by atoms with Crippen molar-refractivity contribution >= 4 is 5.97 Å². The monoisotopic (exact) mass is 249 g/mol. The first kappa shape index (κ1) is 13.7. The van der Waals surface area contributed by atoms with Crippen molar-refractivity contribution in [3.8, 4) is 11.4 Å². The van der Waals surface area contributed by atoms with Gasteiger partial charge >= 0.3 is 5.97 Å². The van der Waals surface area contributed by atoms with Crippen LogP contribution in [0.1, 0.15) is 30.6 Å². The second-order valence-corrected chi connectivity index (χ2v) is 3.56. The number of aromatic carboxylic acids is 1. The molecule has 2 N–H and O–H groups in total. The Labute approximate surface area is 104 Å². The molecule has 0 fully saturated rings. The van der Waals surface area contributed by atoms with E-state index in [9.17, 15) is 9.90 Å². The maximum Gasteiger partial charge on any atom is 0.339 e. The lowest BCUT2D eigenvalue weighted by Crippen LogP contribution is -1.99. The molecule has 1 heterocycles. The number of carboxylic acids is 1. The highest BCUT2D eigenvalue weighted by atomic mass is 16.4. The number of rotatable bonds is 2. The second-order valence-electron chi connectivity index (χ2n) is 3.56. The van der Waals surface area contributed by atoms with Gasteiger partial charge in [-0.1, -0.05) is 25.5 Å². The molecule has 0 bridgehead atoms. The molecule has 6 heteroatoms. The molecule has 2 aromatic rings. The maximum atomic E-state index is 10.6. The van der Waals surface area contributed by atoms with Gasteiger partial charge in [0.05, 0.1) is 18.1 Å². The molecule has 0 aliphatic rings. The summed E-state index contributed by atoms with van der Waals surface area (Å²) in [4.78, 5) is 10.6. The van der Waals surface area contributed by atoms with Gasteiger partial charge in [0.1, 0.15) is 11.3 Å². The van der Waals surface area contributed by atoms with Crippen molar-refractivity contribution in [1.29, 1.82) is 0 Å². The molecule has 0 atom stereocenters. The van der Waals surface area contributed by atoms with Crippen LogP contribution >= 0.6 is 0 Å². The van der Waals surface area contributed by atoms with Crippen LogP contribution in [0, 0.1) is 0 Å². The van der Waals surface area contributed by atoms with Crippen molar-refractivity contribution in [2.24, 2.45) is 0 Å². The zero-order valence-corrected chi connectivity index (χ0v) is 10.2. The minimum Gasteiger partial charge on any atom is -0.507 e. The van der Waals surface area contributed by atoms with Gasteiger partial charge in [0.15, 0.2) is 0 Å². The lowest BCUT2D eigenvalue weighted by molar-refractivity contribution is 0.0694. The highest BCUT2D eigenvalue weighted by molar-refractivity contribution is 5.91. The minimum atomic E-state index is -1.17. The van der Waals surface area contributed by atoms with E-state index in [0.717, 1.165) is 0 Å². The number of aromatic nitrogens is 3. The lowest BCUT2D eigenvalue weighted by Gasteiger charge is -2.03. The predicted octanol–water partition coefficient (Wildman–Crippen LogP) is 2.09. The molecule has 18 heavy (non-hydrogen) atoms. The number of benzene rings is 1. The van der Waals surface area contributed by atoms with Crippen LogP contribution in [0.3, 0.4) is 0 Å². The minimum absolute atomic E-state index is 0.140. The van der Waals surface area contributed by atoms with E-state index in [2.05, 4.69) is 24.2 Å². The predicted molar refractivity (Wildman–Crippen MR) is 65.9 cm³/mol. The van der Waals surface area contributed by atoms with Crippen LogP contribution in [0.15, 0.2) is 30.6 Å². The average Bonchev–Trinajstić information content (AvgIpc) is 2.82. The van der Waals surface area contributed by atoms with Crippen molar-refractivity contribution in [1.82, 2.24) is 15.0 Å². The molecule has 0 aliphatic heterocycles. The molecule has 1 aromatic heterocycles. The first-order valence-corrected chi connectivity index (χ1v) is 5.53. The lowest BCUT2D eigenvalue weighted by atomic mass is 10.2. The normalized spacial score (nSPS) is 9.44. The number of carboxylic acid groups (broad SMARTS) is 1. The Balaban J connectivity index is 0.000000492.